The normalized spacial score (nSPS) is 45.1. The molecule has 2 aliphatic carbocycles. The van der Waals surface area contributed by atoms with Crippen LogP contribution in [0.5, 0.6) is 0 Å². The summed E-state index contributed by atoms with van der Waals surface area (Å²) in [6, 6.07) is 0. The third kappa shape index (κ3) is 1.47. The molecule has 2 saturated carbocycles. The molecule has 0 aliphatic heterocycles. The van der Waals surface area contributed by atoms with E-state index in [4.69, 9.17) is 0 Å². The summed E-state index contributed by atoms with van der Waals surface area (Å²) < 4.78 is 26.1. The van der Waals surface area contributed by atoms with Gasteiger partial charge in [0.2, 0.25) is 5.92 Å². The number of alkyl halides is 2. The first-order chi connectivity index (χ1) is 6.32. The first-order valence-electron chi connectivity index (χ1n) is 5.21. The quantitative estimate of drug-likeness (QED) is 0.638. The van der Waals surface area contributed by atoms with Crippen LogP contribution in [0.15, 0.2) is 0 Å². The molecule has 1 nitrogen and oxygen atoms in total. The largest absolute Gasteiger partial charge is 0.299 e. The second-order valence-electron chi connectivity index (χ2n) is 5.31. The molecule has 0 radical (unpaired) electrons. The molecule has 0 aromatic carbocycles. The van der Waals surface area contributed by atoms with Crippen molar-refractivity contribution in [3.05, 3.63) is 0 Å². The Morgan fingerprint density at radius 2 is 1.57 bits per heavy atom. The van der Waals surface area contributed by atoms with Gasteiger partial charge in [-0.25, -0.2) is 8.78 Å². The van der Waals surface area contributed by atoms with Crippen molar-refractivity contribution in [3.8, 4) is 0 Å². The summed E-state index contributed by atoms with van der Waals surface area (Å²) >= 11 is 0. The molecule has 0 saturated heterocycles. The fourth-order valence-electron chi connectivity index (χ4n) is 3.19. The van der Waals surface area contributed by atoms with Gasteiger partial charge < -0.3 is 0 Å². The molecule has 0 aromatic rings. The minimum Gasteiger partial charge on any atom is -0.299 e. The molecular weight excluding hydrogens is 186 g/mol. The van der Waals surface area contributed by atoms with Crippen molar-refractivity contribution in [1.29, 1.82) is 0 Å². The van der Waals surface area contributed by atoms with Gasteiger partial charge in [0.1, 0.15) is 5.78 Å². The second kappa shape index (κ2) is 2.77. The van der Waals surface area contributed by atoms with E-state index in [0.29, 0.717) is 12.8 Å². The molecule has 3 heteroatoms. The molecule has 0 N–H and O–H groups in total. The molecule has 2 fully saturated rings. The van der Waals surface area contributed by atoms with Crippen LogP contribution < -0.4 is 0 Å². The van der Waals surface area contributed by atoms with Gasteiger partial charge in [-0.1, -0.05) is 6.92 Å². The standard InChI is InChI=1S/C11H16F2O/c1-7(14)10(2)3-8-5-11(12,13)6-9(8)4-10/h8-9H,3-6H2,1-2H3/t8-,9+,10?. The van der Waals surface area contributed by atoms with Crippen LogP contribution in [0, 0.1) is 17.3 Å². The first kappa shape index (κ1) is 10.1. The zero-order chi connectivity index (χ0) is 10.6. The highest BCUT2D eigenvalue weighted by Crippen LogP contribution is 2.57. The minimum absolute atomic E-state index is 0.000532. The van der Waals surface area contributed by atoms with E-state index >= 15 is 0 Å². The predicted octanol–water partition coefficient (Wildman–Crippen LogP) is 3.04. The van der Waals surface area contributed by atoms with Crippen LogP contribution in [0.2, 0.25) is 0 Å². The zero-order valence-electron chi connectivity index (χ0n) is 8.65. The van der Waals surface area contributed by atoms with Crippen molar-refractivity contribution < 1.29 is 13.6 Å². The van der Waals surface area contributed by atoms with Gasteiger partial charge in [0.25, 0.3) is 0 Å². The Labute approximate surface area is 82.9 Å². The number of rotatable bonds is 1. The Bertz CT molecular complexity index is 256. The van der Waals surface area contributed by atoms with Gasteiger partial charge in [-0.3, -0.25) is 4.79 Å². The molecule has 1 unspecified atom stereocenters. The molecule has 0 heterocycles. The Hall–Kier alpha value is -0.470. The van der Waals surface area contributed by atoms with Gasteiger partial charge in [-0.2, -0.15) is 0 Å². The number of halogens is 2. The summed E-state index contributed by atoms with van der Waals surface area (Å²) in [6.07, 6.45) is 1.34. The van der Waals surface area contributed by atoms with Crippen LogP contribution in [0.1, 0.15) is 39.5 Å². The fourth-order valence-corrected chi connectivity index (χ4v) is 3.19. The van der Waals surface area contributed by atoms with Crippen LogP contribution in [-0.2, 0) is 4.79 Å². The maximum absolute atomic E-state index is 13.0. The summed E-state index contributed by atoms with van der Waals surface area (Å²) in [5.74, 6) is -2.14. The monoisotopic (exact) mass is 202 g/mol. The number of ketones is 1. The number of Topliss-reactive ketones (excluding diaryl/α,β-unsaturated/α-hetero) is 1. The van der Waals surface area contributed by atoms with Gasteiger partial charge in [-0.15, -0.1) is 0 Å². The molecule has 3 atom stereocenters. The van der Waals surface area contributed by atoms with Crippen molar-refractivity contribution in [3.63, 3.8) is 0 Å². The van der Waals surface area contributed by atoms with E-state index in [-0.39, 0.29) is 35.9 Å². The smallest absolute Gasteiger partial charge is 0.248 e. The molecule has 0 spiro atoms. The Morgan fingerprint density at radius 1 is 1.14 bits per heavy atom. The molecule has 14 heavy (non-hydrogen) atoms. The summed E-state index contributed by atoms with van der Waals surface area (Å²) in [4.78, 5) is 11.4. The lowest BCUT2D eigenvalue weighted by atomic mass is 9.82. The summed E-state index contributed by atoms with van der Waals surface area (Å²) in [5.41, 5.74) is -0.314. The van der Waals surface area contributed by atoms with Crippen molar-refractivity contribution in [2.75, 3.05) is 0 Å². The third-order valence-corrected chi connectivity index (χ3v) is 4.06. The maximum Gasteiger partial charge on any atom is 0.248 e. The average molecular weight is 202 g/mol. The first-order valence-corrected chi connectivity index (χ1v) is 5.21. The number of carbonyl (C=O) groups is 1. The second-order valence-corrected chi connectivity index (χ2v) is 5.31. The van der Waals surface area contributed by atoms with Crippen molar-refractivity contribution in [1.82, 2.24) is 0 Å². The molecule has 2 rings (SSSR count). The zero-order valence-corrected chi connectivity index (χ0v) is 8.65. The number of carbonyl (C=O) groups excluding carboxylic acids is 1. The molecule has 0 aromatic heterocycles. The Balaban J connectivity index is 2.10. The lowest BCUT2D eigenvalue weighted by molar-refractivity contribution is -0.126. The van der Waals surface area contributed by atoms with Crippen molar-refractivity contribution in [2.24, 2.45) is 17.3 Å². The predicted molar refractivity (Wildman–Crippen MR) is 49.2 cm³/mol. The molecule has 0 amide bonds. The number of hydrogen-bond donors (Lipinski definition) is 0. The van der Waals surface area contributed by atoms with E-state index < -0.39 is 5.92 Å². The van der Waals surface area contributed by atoms with Gasteiger partial charge in [-0.05, 0) is 31.6 Å². The fraction of sp³-hybridized carbons (Fsp3) is 0.909. The third-order valence-electron chi connectivity index (χ3n) is 4.06. The van der Waals surface area contributed by atoms with Crippen LogP contribution >= 0.6 is 0 Å². The highest BCUT2D eigenvalue weighted by Gasteiger charge is 2.55. The molecule has 80 valence electrons. The van der Waals surface area contributed by atoms with Gasteiger partial charge in [0.05, 0.1) is 0 Å². The van der Waals surface area contributed by atoms with Crippen LogP contribution in [0.4, 0.5) is 8.78 Å². The van der Waals surface area contributed by atoms with E-state index in [9.17, 15) is 13.6 Å². The summed E-state index contributed by atoms with van der Waals surface area (Å²) in [5, 5.41) is 0. The van der Waals surface area contributed by atoms with E-state index in [1.165, 1.54) is 0 Å². The number of fused-ring (bicyclic) bond motifs is 1. The topological polar surface area (TPSA) is 17.1 Å². The summed E-state index contributed by atoms with van der Waals surface area (Å²) in [6.45, 7) is 3.50. The molecular formula is C11H16F2O. The van der Waals surface area contributed by atoms with Crippen molar-refractivity contribution >= 4 is 5.78 Å². The lowest BCUT2D eigenvalue weighted by Crippen LogP contribution is -2.24. The maximum atomic E-state index is 13.0. The van der Waals surface area contributed by atoms with Crippen LogP contribution in [-0.4, -0.2) is 11.7 Å². The number of hydrogen-bond acceptors (Lipinski definition) is 1. The van der Waals surface area contributed by atoms with Gasteiger partial charge in [0.15, 0.2) is 0 Å². The van der Waals surface area contributed by atoms with E-state index in [0.717, 1.165) is 0 Å². The SMILES string of the molecule is CC(=O)C1(C)C[C@H]2CC(F)(F)C[C@H]2C1. The van der Waals surface area contributed by atoms with Crippen LogP contribution in [0.3, 0.4) is 0 Å². The Kier molecular flexibility index (Phi) is 1.99. The summed E-state index contributed by atoms with van der Waals surface area (Å²) in [7, 11) is 0. The van der Waals surface area contributed by atoms with Crippen molar-refractivity contribution in [2.45, 2.75) is 45.5 Å². The molecule has 0 bridgehead atoms. The highest BCUT2D eigenvalue weighted by atomic mass is 19.3. The minimum atomic E-state index is -2.46. The molecule has 2 aliphatic rings. The van der Waals surface area contributed by atoms with E-state index in [2.05, 4.69) is 0 Å². The van der Waals surface area contributed by atoms with E-state index in [1.54, 1.807) is 6.92 Å². The Morgan fingerprint density at radius 3 is 1.93 bits per heavy atom. The highest BCUT2D eigenvalue weighted by molar-refractivity contribution is 5.82. The van der Waals surface area contributed by atoms with Crippen LogP contribution in [0.25, 0.3) is 0 Å². The van der Waals surface area contributed by atoms with E-state index in [1.807, 2.05) is 6.92 Å². The van der Waals surface area contributed by atoms with Gasteiger partial charge in [0, 0.05) is 18.3 Å². The average Bonchev–Trinajstić information content (AvgIpc) is 2.37. The lowest BCUT2D eigenvalue weighted by Gasteiger charge is -2.22. The van der Waals surface area contributed by atoms with Gasteiger partial charge >= 0.3 is 0 Å².